The maximum absolute atomic E-state index is 12.2. The molecule has 0 radical (unpaired) electrons. The quantitative estimate of drug-likeness (QED) is 0.793. The molecule has 20 heavy (non-hydrogen) atoms. The smallest absolute Gasteiger partial charge is 0.241 e. The normalized spacial score (nSPS) is 13.4. The van der Waals surface area contributed by atoms with Crippen LogP contribution in [0.1, 0.15) is 20.8 Å². The second-order valence-electron chi connectivity index (χ2n) is 5.07. The van der Waals surface area contributed by atoms with Crippen LogP contribution in [0.3, 0.4) is 0 Å². The highest BCUT2D eigenvalue weighted by atomic mass is 32.2. The molecule has 0 bridgehead atoms. The van der Waals surface area contributed by atoms with Gasteiger partial charge in [0.2, 0.25) is 10.0 Å². The van der Waals surface area contributed by atoms with E-state index in [4.69, 9.17) is 5.73 Å². The predicted molar refractivity (Wildman–Crippen MR) is 77.6 cm³/mol. The Morgan fingerprint density at radius 1 is 1.15 bits per heavy atom. The lowest BCUT2D eigenvalue weighted by atomic mass is 10.1. The lowest BCUT2D eigenvalue weighted by molar-refractivity contribution is 0.462. The van der Waals surface area contributed by atoms with Crippen molar-refractivity contribution in [2.45, 2.75) is 36.1 Å². The van der Waals surface area contributed by atoms with Crippen LogP contribution in [0.25, 0.3) is 0 Å². The van der Waals surface area contributed by atoms with Crippen LogP contribution in [-0.4, -0.2) is 34.7 Å². The third-order valence-electron chi connectivity index (χ3n) is 2.78. The minimum atomic E-state index is -3.82. The summed E-state index contributed by atoms with van der Waals surface area (Å²) in [6.07, 6.45) is 0. The summed E-state index contributed by atoms with van der Waals surface area (Å²) in [6, 6.07) is 5.30. The summed E-state index contributed by atoms with van der Waals surface area (Å²) in [6.45, 7) is 4.93. The van der Waals surface area contributed by atoms with Gasteiger partial charge in [0.1, 0.15) is 0 Å². The second kappa shape index (κ2) is 5.80. The number of benzene rings is 1. The highest BCUT2D eigenvalue weighted by Crippen LogP contribution is 2.18. The van der Waals surface area contributed by atoms with Gasteiger partial charge in [-0.05, 0) is 32.0 Å². The van der Waals surface area contributed by atoms with E-state index in [1.54, 1.807) is 13.8 Å². The number of sulfonamides is 1. The van der Waals surface area contributed by atoms with Crippen LogP contribution in [0.5, 0.6) is 0 Å². The highest BCUT2D eigenvalue weighted by Gasteiger charge is 2.25. The van der Waals surface area contributed by atoms with E-state index in [0.29, 0.717) is 0 Å². The van der Waals surface area contributed by atoms with Crippen molar-refractivity contribution in [2.24, 2.45) is 5.73 Å². The summed E-state index contributed by atoms with van der Waals surface area (Å²) in [5, 5.41) is 0. The molecular formula is C12H20N2O4S2. The molecule has 0 heterocycles. The molecule has 0 saturated carbocycles. The first-order valence-corrected chi connectivity index (χ1v) is 9.24. The van der Waals surface area contributed by atoms with Crippen molar-refractivity contribution in [3.05, 3.63) is 24.3 Å². The lowest BCUT2D eigenvalue weighted by Gasteiger charge is -2.23. The molecule has 114 valence electrons. The zero-order valence-corrected chi connectivity index (χ0v) is 13.4. The van der Waals surface area contributed by atoms with Crippen molar-refractivity contribution in [1.82, 2.24) is 4.72 Å². The van der Waals surface area contributed by atoms with Crippen molar-refractivity contribution in [2.75, 3.05) is 12.3 Å². The first-order chi connectivity index (χ1) is 9.04. The molecule has 6 nitrogen and oxygen atoms in total. The van der Waals surface area contributed by atoms with E-state index in [1.165, 1.54) is 25.1 Å². The SMILES string of the molecule is CCS(=O)(=O)c1cccc(S(=O)(=O)NC(C)(C)CN)c1. The van der Waals surface area contributed by atoms with Gasteiger partial charge in [0, 0.05) is 12.1 Å². The summed E-state index contributed by atoms with van der Waals surface area (Å²) in [5.74, 6) is -0.0851. The number of nitrogens with two attached hydrogens (primary N) is 1. The Morgan fingerprint density at radius 3 is 2.20 bits per heavy atom. The highest BCUT2D eigenvalue weighted by molar-refractivity contribution is 7.91. The van der Waals surface area contributed by atoms with Gasteiger partial charge in [-0.25, -0.2) is 21.6 Å². The minimum Gasteiger partial charge on any atom is -0.329 e. The molecule has 3 N–H and O–H groups in total. The van der Waals surface area contributed by atoms with Crippen molar-refractivity contribution >= 4 is 19.9 Å². The van der Waals surface area contributed by atoms with Gasteiger partial charge in [-0.15, -0.1) is 0 Å². The van der Waals surface area contributed by atoms with Crippen molar-refractivity contribution in [3.8, 4) is 0 Å². The van der Waals surface area contributed by atoms with Gasteiger partial charge in [-0.1, -0.05) is 13.0 Å². The monoisotopic (exact) mass is 320 g/mol. The van der Waals surface area contributed by atoms with Crippen LogP contribution in [0.4, 0.5) is 0 Å². The van der Waals surface area contributed by atoms with Gasteiger partial charge >= 0.3 is 0 Å². The molecule has 1 aromatic rings. The molecule has 0 atom stereocenters. The van der Waals surface area contributed by atoms with Crippen molar-refractivity contribution in [1.29, 1.82) is 0 Å². The van der Waals surface area contributed by atoms with E-state index >= 15 is 0 Å². The fourth-order valence-corrected chi connectivity index (χ4v) is 3.93. The molecule has 0 unspecified atom stereocenters. The molecule has 0 aromatic heterocycles. The molecule has 0 spiro atoms. The van der Waals surface area contributed by atoms with E-state index in [9.17, 15) is 16.8 Å². The van der Waals surface area contributed by atoms with E-state index < -0.39 is 25.4 Å². The first-order valence-electron chi connectivity index (χ1n) is 6.11. The van der Waals surface area contributed by atoms with Crippen LogP contribution < -0.4 is 10.5 Å². The molecule has 0 amide bonds. The number of rotatable bonds is 6. The molecule has 0 aliphatic heterocycles. The number of hydrogen-bond acceptors (Lipinski definition) is 5. The van der Waals surface area contributed by atoms with Crippen LogP contribution in [0.15, 0.2) is 34.1 Å². The van der Waals surface area contributed by atoms with Crippen LogP contribution in [0.2, 0.25) is 0 Å². The van der Waals surface area contributed by atoms with E-state index in [-0.39, 0.29) is 22.1 Å². The first kappa shape index (κ1) is 17.1. The number of hydrogen-bond donors (Lipinski definition) is 2. The third kappa shape index (κ3) is 4.02. The fourth-order valence-electron chi connectivity index (χ4n) is 1.47. The average Bonchev–Trinajstić information content (AvgIpc) is 2.38. The van der Waals surface area contributed by atoms with E-state index in [2.05, 4.69) is 4.72 Å². The van der Waals surface area contributed by atoms with Gasteiger partial charge in [0.15, 0.2) is 9.84 Å². The molecule has 8 heteroatoms. The Bertz CT molecular complexity index is 679. The Morgan fingerprint density at radius 2 is 1.70 bits per heavy atom. The molecule has 1 rings (SSSR count). The van der Waals surface area contributed by atoms with E-state index in [0.717, 1.165) is 6.07 Å². The predicted octanol–water partition coefficient (Wildman–Crippen LogP) is 0.496. The average molecular weight is 320 g/mol. The molecule has 0 saturated heterocycles. The largest absolute Gasteiger partial charge is 0.329 e. The van der Waals surface area contributed by atoms with Crippen molar-refractivity contribution < 1.29 is 16.8 Å². The zero-order chi connectivity index (χ0) is 15.6. The standard InChI is InChI=1S/C12H20N2O4S2/c1-4-19(15,16)10-6-5-7-11(8-10)20(17,18)14-12(2,3)9-13/h5-8,14H,4,9,13H2,1-3H3. The number of sulfone groups is 1. The summed E-state index contributed by atoms with van der Waals surface area (Å²) in [5.41, 5.74) is 4.68. The van der Waals surface area contributed by atoms with Crippen LogP contribution in [-0.2, 0) is 19.9 Å². The molecular weight excluding hydrogens is 300 g/mol. The minimum absolute atomic E-state index is 0.00608. The fraction of sp³-hybridized carbons (Fsp3) is 0.500. The lowest BCUT2D eigenvalue weighted by Crippen LogP contribution is -2.48. The molecule has 0 aliphatic carbocycles. The van der Waals surface area contributed by atoms with Gasteiger partial charge in [0.25, 0.3) is 0 Å². The second-order valence-corrected chi connectivity index (χ2v) is 9.03. The van der Waals surface area contributed by atoms with E-state index in [1.807, 2.05) is 0 Å². The Hall–Kier alpha value is -0.960. The maximum atomic E-state index is 12.2. The van der Waals surface area contributed by atoms with Gasteiger partial charge in [-0.3, -0.25) is 0 Å². The van der Waals surface area contributed by atoms with Gasteiger partial charge < -0.3 is 5.73 Å². The summed E-state index contributed by atoms with van der Waals surface area (Å²) >= 11 is 0. The Balaban J connectivity index is 3.25. The van der Waals surface area contributed by atoms with Crippen LogP contribution in [0, 0.1) is 0 Å². The van der Waals surface area contributed by atoms with Crippen molar-refractivity contribution in [3.63, 3.8) is 0 Å². The Labute approximate surface area is 120 Å². The summed E-state index contributed by atoms with van der Waals surface area (Å²) in [7, 11) is -7.26. The topological polar surface area (TPSA) is 106 Å². The Kier molecular flexibility index (Phi) is 4.96. The molecule has 1 aromatic carbocycles. The van der Waals surface area contributed by atoms with Crippen LogP contribution >= 0.6 is 0 Å². The van der Waals surface area contributed by atoms with Gasteiger partial charge in [0.05, 0.1) is 15.5 Å². The number of nitrogens with one attached hydrogen (secondary N) is 1. The third-order valence-corrected chi connectivity index (χ3v) is 6.20. The molecule has 0 fully saturated rings. The van der Waals surface area contributed by atoms with Gasteiger partial charge in [-0.2, -0.15) is 0 Å². The molecule has 0 aliphatic rings. The summed E-state index contributed by atoms with van der Waals surface area (Å²) < 4.78 is 50.4. The maximum Gasteiger partial charge on any atom is 0.241 e. The zero-order valence-electron chi connectivity index (χ0n) is 11.8. The summed E-state index contributed by atoms with van der Waals surface area (Å²) in [4.78, 5) is -0.0954.